The number of carboxylic acids is 1. The first-order valence-electron chi connectivity index (χ1n) is 5.09. The van der Waals surface area contributed by atoms with E-state index >= 15 is 0 Å². The molecule has 0 radical (unpaired) electrons. The van der Waals surface area contributed by atoms with Gasteiger partial charge in [0.15, 0.2) is 11.5 Å². The van der Waals surface area contributed by atoms with Crippen molar-refractivity contribution in [3.05, 3.63) is 23.3 Å². The molecule has 0 fully saturated rings. The molecule has 19 heavy (non-hydrogen) atoms. The van der Waals surface area contributed by atoms with Gasteiger partial charge in [-0.25, -0.2) is 14.2 Å². The highest BCUT2D eigenvalue weighted by atomic mass is 32.2. The molecule has 0 bridgehead atoms. The lowest BCUT2D eigenvalue weighted by Gasteiger charge is -2.31. The minimum absolute atomic E-state index is 0.00746. The van der Waals surface area contributed by atoms with E-state index in [1.807, 2.05) is 0 Å². The maximum Gasteiger partial charge on any atom is 0.436 e. The molecule has 2 rings (SSSR count). The average Bonchev–Trinajstić information content (AvgIpc) is 2.29. The molecule has 1 unspecified atom stereocenters. The number of fused-ring (bicyclic) bond motifs is 1. The Bertz CT molecular complexity index is 549. The van der Waals surface area contributed by atoms with Gasteiger partial charge in [0.2, 0.25) is 0 Å². The predicted molar refractivity (Wildman–Crippen MR) is 58.0 cm³/mol. The quantitative estimate of drug-likeness (QED) is 0.775. The van der Waals surface area contributed by atoms with Crippen molar-refractivity contribution in [2.24, 2.45) is 5.73 Å². The summed E-state index contributed by atoms with van der Waals surface area (Å²) in [7, 11) is 0. The van der Waals surface area contributed by atoms with Crippen LogP contribution in [0.15, 0.2) is 11.1 Å². The maximum absolute atomic E-state index is 13.8. The summed E-state index contributed by atoms with van der Waals surface area (Å²) in [6.07, 6.45) is -4.24. The number of alkyl halides is 3. The van der Waals surface area contributed by atoms with Gasteiger partial charge in [-0.2, -0.15) is 13.2 Å². The minimum Gasteiger partial charge on any atom is -0.480 e. The normalized spacial score (nSPS) is 23.0. The molecule has 9 heteroatoms. The first-order valence-corrected chi connectivity index (χ1v) is 6.07. The average molecular weight is 296 g/mol. The summed E-state index contributed by atoms with van der Waals surface area (Å²) in [5, 5.41) is 9.06. The van der Waals surface area contributed by atoms with Crippen LogP contribution in [0.3, 0.4) is 0 Å². The second-order valence-corrected chi connectivity index (χ2v) is 5.14. The van der Waals surface area contributed by atoms with Crippen molar-refractivity contribution in [2.45, 2.75) is 23.0 Å². The lowest BCUT2D eigenvalue weighted by atomic mass is 9.89. The molecular formula is C10H8F4N2O2S. The lowest BCUT2D eigenvalue weighted by Crippen LogP contribution is -2.47. The fourth-order valence-corrected chi connectivity index (χ4v) is 3.04. The van der Waals surface area contributed by atoms with Gasteiger partial charge in [0.1, 0.15) is 5.54 Å². The number of hydrogen-bond acceptors (Lipinski definition) is 4. The SMILES string of the molecule is NC1(C(=O)O)CCSc2c1cnc(C(F)(F)F)c2F. The Kier molecular flexibility index (Phi) is 3.21. The van der Waals surface area contributed by atoms with Crippen molar-refractivity contribution in [1.29, 1.82) is 0 Å². The molecule has 1 aromatic rings. The third-order valence-electron chi connectivity index (χ3n) is 2.85. The number of nitrogens with zero attached hydrogens (tertiary/aromatic N) is 1. The van der Waals surface area contributed by atoms with E-state index in [-0.39, 0.29) is 17.7 Å². The third kappa shape index (κ3) is 2.16. The number of aliphatic carboxylic acids is 1. The first-order chi connectivity index (χ1) is 8.68. The Morgan fingerprint density at radius 2 is 2.16 bits per heavy atom. The Morgan fingerprint density at radius 1 is 1.53 bits per heavy atom. The summed E-state index contributed by atoms with van der Waals surface area (Å²) >= 11 is 0.807. The van der Waals surface area contributed by atoms with Crippen LogP contribution in [0, 0.1) is 5.82 Å². The molecular weight excluding hydrogens is 288 g/mol. The van der Waals surface area contributed by atoms with Crippen LogP contribution in [-0.4, -0.2) is 21.8 Å². The second-order valence-electron chi connectivity index (χ2n) is 4.04. The largest absolute Gasteiger partial charge is 0.480 e. The number of aromatic nitrogens is 1. The maximum atomic E-state index is 13.8. The number of carboxylic acid groups (broad SMARTS) is 1. The van der Waals surface area contributed by atoms with Gasteiger partial charge in [-0.15, -0.1) is 11.8 Å². The van der Waals surface area contributed by atoms with E-state index < -0.39 is 34.1 Å². The number of pyridine rings is 1. The molecule has 0 aliphatic carbocycles. The number of carbonyl (C=O) groups is 1. The second kappa shape index (κ2) is 4.34. The molecule has 0 saturated heterocycles. The Balaban J connectivity index is 2.65. The van der Waals surface area contributed by atoms with Crippen molar-refractivity contribution in [2.75, 3.05) is 5.75 Å². The number of halogens is 4. The molecule has 0 aromatic carbocycles. The van der Waals surface area contributed by atoms with Gasteiger partial charge in [0.25, 0.3) is 0 Å². The first kappa shape index (κ1) is 14.1. The lowest BCUT2D eigenvalue weighted by molar-refractivity contribution is -0.144. The van der Waals surface area contributed by atoms with Crippen molar-refractivity contribution < 1.29 is 27.5 Å². The Hall–Kier alpha value is -1.35. The van der Waals surface area contributed by atoms with Gasteiger partial charge < -0.3 is 10.8 Å². The van der Waals surface area contributed by atoms with Crippen molar-refractivity contribution in [3.63, 3.8) is 0 Å². The molecule has 1 atom stereocenters. The van der Waals surface area contributed by atoms with Gasteiger partial charge in [0, 0.05) is 17.5 Å². The third-order valence-corrected chi connectivity index (χ3v) is 3.94. The molecule has 0 spiro atoms. The van der Waals surface area contributed by atoms with Gasteiger partial charge in [-0.05, 0) is 6.42 Å². The van der Waals surface area contributed by atoms with Gasteiger partial charge in [0.05, 0.1) is 4.90 Å². The topological polar surface area (TPSA) is 76.2 Å². The summed E-state index contributed by atoms with van der Waals surface area (Å²) in [4.78, 5) is 13.7. The standard InChI is InChI=1S/C10H8F4N2O2S/c11-5-6-4(3-16-7(5)10(12,13)14)9(15,8(17)18)1-2-19-6/h3H,1-2,15H2,(H,17,18). The Morgan fingerprint density at radius 3 is 2.68 bits per heavy atom. The number of rotatable bonds is 1. The zero-order valence-corrected chi connectivity index (χ0v) is 10.1. The molecule has 1 aromatic heterocycles. The number of nitrogens with two attached hydrogens (primary N) is 1. The van der Waals surface area contributed by atoms with E-state index in [0.29, 0.717) is 6.20 Å². The van der Waals surface area contributed by atoms with Crippen LogP contribution in [0.25, 0.3) is 0 Å². The summed E-state index contributed by atoms with van der Waals surface area (Å²) in [5.41, 5.74) is 1.86. The van der Waals surface area contributed by atoms with Crippen LogP contribution >= 0.6 is 11.8 Å². The van der Waals surface area contributed by atoms with Crippen LogP contribution in [0.2, 0.25) is 0 Å². The fourth-order valence-electron chi connectivity index (χ4n) is 1.80. The summed E-state index contributed by atoms with van der Waals surface area (Å²) in [6.45, 7) is 0. The van der Waals surface area contributed by atoms with Crippen molar-refractivity contribution >= 4 is 17.7 Å². The molecule has 4 nitrogen and oxygen atoms in total. The number of thioether (sulfide) groups is 1. The van der Waals surface area contributed by atoms with Crippen molar-refractivity contribution in [1.82, 2.24) is 4.98 Å². The molecule has 3 N–H and O–H groups in total. The minimum atomic E-state index is -4.93. The highest BCUT2D eigenvalue weighted by molar-refractivity contribution is 7.99. The van der Waals surface area contributed by atoms with E-state index in [1.54, 1.807) is 0 Å². The van der Waals surface area contributed by atoms with Crippen LogP contribution in [0.1, 0.15) is 17.7 Å². The fraction of sp³-hybridized carbons (Fsp3) is 0.400. The monoisotopic (exact) mass is 296 g/mol. The van der Waals surface area contributed by atoms with E-state index in [4.69, 9.17) is 10.8 Å². The zero-order chi connectivity index (χ0) is 14.4. The van der Waals surface area contributed by atoms with Gasteiger partial charge in [-0.3, -0.25) is 0 Å². The molecule has 0 saturated carbocycles. The molecule has 1 aliphatic rings. The van der Waals surface area contributed by atoms with Gasteiger partial charge in [-0.1, -0.05) is 0 Å². The van der Waals surface area contributed by atoms with Crippen LogP contribution < -0.4 is 5.73 Å². The van der Waals surface area contributed by atoms with E-state index in [1.165, 1.54) is 0 Å². The van der Waals surface area contributed by atoms with Crippen LogP contribution in [0.5, 0.6) is 0 Å². The smallest absolute Gasteiger partial charge is 0.436 e. The summed E-state index contributed by atoms with van der Waals surface area (Å²) in [5.74, 6) is -2.87. The van der Waals surface area contributed by atoms with Crippen LogP contribution in [0.4, 0.5) is 17.6 Å². The molecule has 2 heterocycles. The summed E-state index contributed by atoms with van der Waals surface area (Å²) in [6, 6.07) is 0. The molecule has 1 aliphatic heterocycles. The highest BCUT2D eigenvalue weighted by Crippen LogP contribution is 2.43. The molecule has 0 amide bonds. The Labute approximate surface area is 109 Å². The van der Waals surface area contributed by atoms with E-state index in [9.17, 15) is 22.4 Å². The summed E-state index contributed by atoms with van der Waals surface area (Å²) < 4.78 is 51.3. The van der Waals surface area contributed by atoms with Gasteiger partial charge >= 0.3 is 12.1 Å². The number of hydrogen-bond donors (Lipinski definition) is 2. The predicted octanol–water partition coefficient (Wildman–Crippen LogP) is 1.97. The highest BCUT2D eigenvalue weighted by Gasteiger charge is 2.45. The van der Waals surface area contributed by atoms with E-state index in [2.05, 4.69) is 4.98 Å². The van der Waals surface area contributed by atoms with Crippen molar-refractivity contribution in [3.8, 4) is 0 Å². The van der Waals surface area contributed by atoms with E-state index in [0.717, 1.165) is 11.8 Å². The molecule has 104 valence electrons. The zero-order valence-electron chi connectivity index (χ0n) is 9.29. The van der Waals surface area contributed by atoms with Crippen LogP contribution in [-0.2, 0) is 16.5 Å².